The average Bonchev–Trinajstić information content (AvgIpc) is 2.74. The van der Waals surface area contributed by atoms with Gasteiger partial charge in [0, 0.05) is 38.1 Å². The number of aromatic nitrogens is 1. The Morgan fingerprint density at radius 2 is 1.70 bits per heavy atom. The van der Waals surface area contributed by atoms with Crippen LogP contribution in [0.3, 0.4) is 0 Å². The molecule has 0 bridgehead atoms. The average molecular weight is 421 g/mol. The Morgan fingerprint density at radius 3 is 2.27 bits per heavy atom. The molecule has 7 nitrogen and oxygen atoms in total. The van der Waals surface area contributed by atoms with Crippen LogP contribution < -0.4 is 15.5 Å². The smallest absolute Gasteiger partial charge is 0.368 e. The van der Waals surface area contributed by atoms with Crippen LogP contribution in [0.5, 0.6) is 0 Å². The van der Waals surface area contributed by atoms with Gasteiger partial charge in [-0.25, -0.2) is 9.78 Å². The van der Waals surface area contributed by atoms with E-state index in [2.05, 4.69) is 20.5 Å². The van der Waals surface area contributed by atoms with Crippen molar-refractivity contribution >= 4 is 23.4 Å². The Hall–Kier alpha value is -3.30. The van der Waals surface area contributed by atoms with Crippen molar-refractivity contribution < 1.29 is 22.8 Å². The van der Waals surface area contributed by atoms with Gasteiger partial charge in [0.2, 0.25) is 5.91 Å². The van der Waals surface area contributed by atoms with Crippen molar-refractivity contribution in [3.05, 3.63) is 54.2 Å². The monoisotopic (exact) mass is 421 g/mol. The molecule has 160 valence electrons. The third kappa shape index (κ3) is 5.40. The van der Waals surface area contributed by atoms with Crippen molar-refractivity contribution in [2.24, 2.45) is 0 Å². The number of halogens is 3. The lowest BCUT2D eigenvalue weighted by molar-refractivity contribution is -0.137. The van der Waals surface area contributed by atoms with Crippen LogP contribution in [-0.2, 0) is 11.0 Å². The maximum Gasteiger partial charge on any atom is 0.417 e. The first-order valence-corrected chi connectivity index (χ1v) is 9.43. The Balaban J connectivity index is 1.47. The number of hydrogen-bond acceptors (Lipinski definition) is 4. The highest BCUT2D eigenvalue weighted by atomic mass is 19.4. The molecule has 30 heavy (non-hydrogen) atoms. The van der Waals surface area contributed by atoms with Crippen LogP contribution >= 0.6 is 0 Å². The number of amides is 3. The molecule has 3 amide bonds. The summed E-state index contributed by atoms with van der Waals surface area (Å²) in [4.78, 5) is 32.1. The number of benzene rings is 1. The minimum Gasteiger partial charge on any atom is -0.368 e. The first-order chi connectivity index (χ1) is 14.2. The molecular weight excluding hydrogens is 399 g/mol. The van der Waals surface area contributed by atoms with E-state index < -0.39 is 23.7 Å². The second-order valence-corrected chi connectivity index (χ2v) is 6.90. The second-order valence-electron chi connectivity index (χ2n) is 6.90. The number of pyridine rings is 1. The maximum absolute atomic E-state index is 12.6. The quantitative estimate of drug-likeness (QED) is 0.796. The summed E-state index contributed by atoms with van der Waals surface area (Å²) in [6.45, 7) is 3.86. The highest BCUT2D eigenvalue weighted by Gasteiger charge is 2.31. The molecule has 3 rings (SSSR count). The lowest BCUT2D eigenvalue weighted by atomic mass is 10.2. The maximum atomic E-state index is 12.6. The summed E-state index contributed by atoms with van der Waals surface area (Å²) in [6.07, 6.45) is -3.85. The molecule has 10 heteroatoms. The van der Waals surface area contributed by atoms with E-state index in [-0.39, 0.29) is 11.8 Å². The van der Waals surface area contributed by atoms with E-state index in [0.29, 0.717) is 32.4 Å². The highest BCUT2D eigenvalue weighted by molar-refractivity contribution is 5.96. The van der Waals surface area contributed by atoms with Crippen molar-refractivity contribution in [3.63, 3.8) is 0 Å². The van der Waals surface area contributed by atoms with Crippen LogP contribution in [0.2, 0.25) is 0 Å². The van der Waals surface area contributed by atoms with Crippen LogP contribution in [0.1, 0.15) is 12.5 Å². The van der Waals surface area contributed by atoms with Crippen molar-refractivity contribution in [2.45, 2.75) is 19.1 Å². The van der Waals surface area contributed by atoms with Gasteiger partial charge in [-0.2, -0.15) is 13.2 Å². The molecule has 1 aliphatic heterocycles. The lowest BCUT2D eigenvalue weighted by Gasteiger charge is -2.36. The summed E-state index contributed by atoms with van der Waals surface area (Å²) in [5, 5.41) is 5.01. The van der Waals surface area contributed by atoms with Crippen LogP contribution in [0.25, 0.3) is 0 Å². The van der Waals surface area contributed by atoms with E-state index in [0.717, 1.165) is 17.8 Å². The fourth-order valence-electron chi connectivity index (χ4n) is 3.02. The number of rotatable bonds is 4. The first kappa shape index (κ1) is 21.4. The number of piperazine rings is 1. The Kier molecular flexibility index (Phi) is 6.43. The molecule has 1 aliphatic rings. The zero-order chi connectivity index (χ0) is 21.7. The first-order valence-electron chi connectivity index (χ1n) is 9.43. The Labute approximate surface area is 171 Å². The molecule has 0 radical (unpaired) electrons. The van der Waals surface area contributed by atoms with E-state index in [1.165, 1.54) is 6.92 Å². The molecule has 2 N–H and O–H groups in total. The van der Waals surface area contributed by atoms with Gasteiger partial charge in [-0.1, -0.05) is 18.2 Å². The summed E-state index contributed by atoms with van der Waals surface area (Å²) in [5.74, 6) is -0.593. The molecule has 0 spiro atoms. The summed E-state index contributed by atoms with van der Waals surface area (Å²) in [6, 6.07) is 10.5. The van der Waals surface area contributed by atoms with E-state index in [4.69, 9.17) is 0 Å². The molecular formula is C20H22F3N5O2. The lowest BCUT2D eigenvalue weighted by Crippen LogP contribution is -2.54. The fourth-order valence-corrected chi connectivity index (χ4v) is 3.02. The van der Waals surface area contributed by atoms with E-state index >= 15 is 0 Å². The summed E-state index contributed by atoms with van der Waals surface area (Å²) < 4.78 is 37.7. The van der Waals surface area contributed by atoms with Crippen molar-refractivity contribution in [2.75, 3.05) is 36.4 Å². The molecule has 1 fully saturated rings. The van der Waals surface area contributed by atoms with E-state index in [1.54, 1.807) is 4.90 Å². The van der Waals surface area contributed by atoms with Gasteiger partial charge in [-0.05, 0) is 31.2 Å². The molecule has 1 saturated heterocycles. The number of carbonyl (C=O) groups is 2. The van der Waals surface area contributed by atoms with Gasteiger partial charge in [0.15, 0.2) is 0 Å². The van der Waals surface area contributed by atoms with Gasteiger partial charge in [0.05, 0.1) is 5.56 Å². The summed E-state index contributed by atoms with van der Waals surface area (Å²) in [5.41, 5.74) is 0.186. The number of anilines is 2. The van der Waals surface area contributed by atoms with Gasteiger partial charge >= 0.3 is 12.2 Å². The number of urea groups is 1. The third-order valence-corrected chi connectivity index (χ3v) is 4.76. The predicted octanol–water partition coefficient (Wildman–Crippen LogP) is 2.96. The number of alkyl halides is 3. The number of nitrogens with zero attached hydrogens (tertiary/aromatic N) is 3. The molecule has 1 atom stereocenters. The topological polar surface area (TPSA) is 77.6 Å². The molecule has 1 aromatic heterocycles. The van der Waals surface area contributed by atoms with Crippen LogP contribution in [0.4, 0.5) is 29.5 Å². The number of hydrogen-bond donors (Lipinski definition) is 2. The van der Waals surface area contributed by atoms with E-state index in [1.807, 2.05) is 30.3 Å². The predicted molar refractivity (Wildman–Crippen MR) is 106 cm³/mol. The Bertz CT molecular complexity index is 866. The standard InChI is InChI=1S/C20H22F3N5O2/c1-14(18(29)26-17-8-7-15(13-24-17)20(21,22)23)25-19(30)28-11-9-27(10-12-28)16-5-3-2-4-6-16/h2-8,13-14H,9-12H2,1H3,(H,25,30)(H,24,26,29)/t14-/m0/s1. The van der Waals surface area contributed by atoms with Crippen LogP contribution in [0.15, 0.2) is 48.7 Å². The zero-order valence-electron chi connectivity index (χ0n) is 16.3. The van der Waals surface area contributed by atoms with Crippen LogP contribution in [-0.4, -0.2) is 54.0 Å². The molecule has 2 heterocycles. The number of para-hydroxylation sites is 1. The van der Waals surface area contributed by atoms with E-state index in [9.17, 15) is 22.8 Å². The number of carbonyl (C=O) groups excluding carboxylic acids is 2. The van der Waals surface area contributed by atoms with Gasteiger partial charge in [0.25, 0.3) is 0 Å². The Morgan fingerprint density at radius 1 is 1.03 bits per heavy atom. The van der Waals surface area contributed by atoms with Crippen molar-refractivity contribution in [1.29, 1.82) is 0 Å². The van der Waals surface area contributed by atoms with Gasteiger partial charge in [0.1, 0.15) is 11.9 Å². The molecule has 1 aromatic carbocycles. The zero-order valence-corrected chi connectivity index (χ0v) is 16.3. The van der Waals surface area contributed by atoms with Gasteiger partial charge in [-0.3, -0.25) is 4.79 Å². The summed E-state index contributed by atoms with van der Waals surface area (Å²) in [7, 11) is 0. The largest absolute Gasteiger partial charge is 0.417 e. The molecule has 2 aromatic rings. The third-order valence-electron chi connectivity index (χ3n) is 4.76. The van der Waals surface area contributed by atoms with Crippen molar-refractivity contribution in [3.8, 4) is 0 Å². The highest BCUT2D eigenvalue weighted by Crippen LogP contribution is 2.28. The van der Waals surface area contributed by atoms with Crippen molar-refractivity contribution in [1.82, 2.24) is 15.2 Å². The molecule has 0 aliphatic carbocycles. The van der Waals surface area contributed by atoms with Gasteiger partial charge < -0.3 is 20.4 Å². The normalized spacial score (nSPS) is 15.5. The molecule has 0 unspecified atom stereocenters. The second kappa shape index (κ2) is 9.02. The summed E-state index contributed by atoms with van der Waals surface area (Å²) >= 11 is 0. The minimum absolute atomic E-state index is 0.0226. The molecule has 0 saturated carbocycles. The fraction of sp³-hybridized carbons (Fsp3) is 0.350. The van der Waals surface area contributed by atoms with Gasteiger partial charge in [-0.15, -0.1) is 0 Å². The SMILES string of the molecule is C[C@H](NC(=O)N1CCN(c2ccccc2)CC1)C(=O)Nc1ccc(C(F)(F)F)cn1. The number of nitrogens with one attached hydrogen (secondary N) is 2. The minimum atomic E-state index is -4.50. The van der Waals surface area contributed by atoms with Crippen LogP contribution in [0, 0.1) is 0 Å².